The monoisotopic (exact) mass is 228 g/mol. The summed E-state index contributed by atoms with van der Waals surface area (Å²) in [6.07, 6.45) is 1.03. The molecule has 15 heavy (non-hydrogen) atoms. The van der Waals surface area contributed by atoms with Crippen molar-refractivity contribution in [3.63, 3.8) is 0 Å². The predicted molar refractivity (Wildman–Crippen MR) is 59.4 cm³/mol. The molecule has 2 rings (SSSR count). The molecular formula is C10H10F2N2S. The van der Waals surface area contributed by atoms with Gasteiger partial charge in [-0.2, -0.15) is 0 Å². The van der Waals surface area contributed by atoms with E-state index in [1.165, 1.54) is 11.8 Å². The van der Waals surface area contributed by atoms with Gasteiger partial charge in [0.2, 0.25) is 0 Å². The number of hydrogen-bond acceptors (Lipinski definition) is 3. The minimum absolute atomic E-state index is 0.142. The highest BCUT2D eigenvalue weighted by molar-refractivity contribution is 8.14. The molecule has 0 aromatic heterocycles. The highest BCUT2D eigenvalue weighted by Crippen LogP contribution is 2.19. The molecule has 1 aliphatic rings. The van der Waals surface area contributed by atoms with Gasteiger partial charge in [-0.1, -0.05) is 11.8 Å². The van der Waals surface area contributed by atoms with Crippen LogP contribution in [0.2, 0.25) is 0 Å². The van der Waals surface area contributed by atoms with Crippen LogP contribution in [-0.2, 0) is 0 Å². The Morgan fingerprint density at radius 2 is 2.20 bits per heavy atom. The largest absolute Gasteiger partial charge is 0.333 e. The second-order valence-corrected chi connectivity index (χ2v) is 4.22. The van der Waals surface area contributed by atoms with Gasteiger partial charge in [0.1, 0.15) is 11.6 Å². The molecule has 0 atom stereocenters. The summed E-state index contributed by atoms with van der Waals surface area (Å²) in [6, 6.07) is 3.33. The minimum Gasteiger partial charge on any atom is -0.333 e. The molecule has 1 aliphatic heterocycles. The molecule has 0 saturated heterocycles. The van der Waals surface area contributed by atoms with Gasteiger partial charge < -0.3 is 5.32 Å². The molecule has 1 N–H and O–H groups in total. The summed E-state index contributed by atoms with van der Waals surface area (Å²) in [5.41, 5.74) is 0.142. The van der Waals surface area contributed by atoms with E-state index in [2.05, 4.69) is 10.3 Å². The van der Waals surface area contributed by atoms with E-state index in [0.717, 1.165) is 36.9 Å². The number of aliphatic imine (C=N–C) groups is 1. The number of amidine groups is 1. The smallest absolute Gasteiger partial charge is 0.161 e. The number of rotatable bonds is 1. The summed E-state index contributed by atoms with van der Waals surface area (Å²) in [5.74, 6) is 0.0357. The summed E-state index contributed by atoms with van der Waals surface area (Å²) in [5, 5.41) is 3.45. The average Bonchev–Trinajstić information content (AvgIpc) is 2.25. The number of halogens is 2. The highest BCUT2D eigenvalue weighted by Gasteiger charge is 2.09. The normalized spacial score (nSPS) is 16.0. The lowest BCUT2D eigenvalue weighted by molar-refractivity contribution is 0.604. The van der Waals surface area contributed by atoms with E-state index in [1.54, 1.807) is 0 Å². The van der Waals surface area contributed by atoms with Gasteiger partial charge in [-0.05, 0) is 18.6 Å². The lowest BCUT2D eigenvalue weighted by Gasteiger charge is -2.13. The molecule has 1 aromatic carbocycles. The maximum absolute atomic E-state index is 13.2. The van der Waals surface area contributed by atoms with Crippen LogP contribution >= 0.6 is 11.8 Å². The zero-order chi connectivity index (χ0) is 10.7. The summed E-state index contributed by atoms with van der Waals surface area (Å²) >= 11 is 1.52. The standard InChI is InChI=1S/C10H10F2N2S/c11-7-2-3-8(12)9(6-7)14-10-13-4-1-5-15-10/h2-3,6H,1,4-5H2,(H,13,14). The van der Waals surface area contributed by atoms with Crippen molar-refractivity contribution >= 4 is 22.6 Å². The topological polar surface area (TPSA) is 24.4 Å². The minimum atomic E-state index is -0.467. The maximum Gasteiger partial charge on any atom is 0.161 e. The quantitative estimate of drug-likeness (QED) is 0.799. The molecule has 1 heterocycles. The molecule has 0 radical (unpaired) electrons. The number of anilines is 1. The van der Waals surface area contributed by atoms with E-state index >= 15 is 0 Å². The van der Waals surface area contributed by atoms with Crippen LogP contribution in [0, 0.1) is 11.6 Å². The molecule has 0 spiro atoms. The van der Waals surface area contributed by atoms with E-state index in [0.29, 0.717) is 5.17 Å². The lowest BCUT2D eigenvalue weighted by atomic mass is 10.3. The number of hydrogen-bond donors (Lipinski definition) is 1. The summed E-state index contributed by atoms with van der Waals surface area (Å²) in [6.45, 7) is 0.742. The number of benzene rings is 1. The molecule has 0 fully saturated rings. The molecule has 0 saturated carbocycles. The van der Waals surface area contributed by atoms with Crippen molar-refractivity contribution in [1.29, 1.82) is 0 Å². The molecule has 0 bridgehead atoms. The SMILES string of the molecule is Fc1ccc(F)c(NC2=NCCCS2)c1. The highest BCUT2D eigenvalue weighted by atomic mass is 32.2. The molecule has 0 unspecified atom stereocenters. The average molecular weight is 228 g/mol. The van der Waals surface area contributed by atoms with Crippen LogP contribution in [0.15, 0.2) is 23.2 Å². The molecule has 2 nitrogen and oxygen atoms in total. The first kappa shape index (κ1) is 10.4. The first-order chi connectivity index (χ1) is 7.25. The molecule has 0 amide bonds. The van der Waals surface area contributed by atoms with Crippen LogP contribution in [0.25, 0.3) is 0 Å². The predicted octanol–water partition coefficient (Wildman–Crippen LogP) is 2.87. The van der Waals surface area contributed by atoms with Gasteiger partial charge in [-0.15, -0.1) is 0 Å². The Kier molecular flexibility index (Phi) is 3.20. The van der Waals surface area contributed by atoms with E-state index in [1.807, 2.05) is 0 Å². The third-order valence-corrected chi connectivity index (χ3v) is 2.96. The van der Waals surface area contributed by atoms with Crippen LogP contribution in [0.4, 0.5) is 14.5 Å². The van der Waals surface area contributed by atoms with Crippen LogP contribution in [0.1, 0.15) is 6.42 Å². The first-order valence-electron chi connectivity index (χ1n) is 4.65. The Labute approximate surface area is 90.8 Å². The van der Waals surface area contributed by atoms with Gasteiger partial charge in [0.05, 0.1) is 5.69 Å². The molecular weight excluding hydrogens is 218 g/mol. The van der Waals surface area contributed by atoms with Crippen LogP contribution in [0.3, 0.4) is 0 Å². The van der Waals surface area contributed by atoms with Gasteiger partial charge in [0.25, 0.3) is 0 Å². The maximum atomic E-state index is 13.2. The molecule has 80 valence electrons. The van der Waals surface area contributed by atoms with Crippen molar-refractivity contribution in [2.75, 3.05) is 17.6 Å². The fourth-order valence-corrected chi connectivity index (χ4v) is 2.08. The summed E-state index contributed by atoms with van der Waals surface area (Å²) in [7, 11) is 0. The van der Waals surface area contributed by atoms with Crippen molar-refractivity contribution in [2.45, 2.75) is 6.42 Å². The Morgan fingerprint density at radius 1 is 1.33 bits per heavy atom. The van der Waals surface area contributed by atoms with Crippen molar-refractivity contribution in [3.05, 3.63) is 29.8 Å². The molecule has 1 aromatic rings. The molecule has 0 aliphatic carbocycles. The Balaban J connectivity index is 2.15. The van der Waals surface area contributed by atoms with Gasteiger partial charge in [0.15, 0.2) is 5.17 Å². The van der Waals surface area contributed by atoms with Gasteiger partial charge >= 0.3 is 0 Å². The third kappa shape index (κ3) is 2.68. The van der Waals surface area contributed by atoms with Crippen molar-refractivity contribution in [1.82, 2.24) is 0 Å². The van der Waals surface area contributed by atoms with Crippen molar-refractivity contribution < 1.29 is 8.78 Å². The fraction of sp³-hybridized carbons (Fsp3) is 0.300. The molecule has 5 heteroatoms. The second-order valence-electron chi connectivity index (χ2n) is 3.14. The van der Waals surface area contributed by atoms with E-state index in [4.69, 9.17) is 0 Å². The Bertz CT molecular complexity index is 393. The summed E-state index contributed by atoms with van der Waals surface area (Å²) in [4.78, 5) is 4.17. The van der Waals surface area contributed by atoms with E-state index in [9.17, 15) is 8.78 Å². The first-order valence-corrected chi connectivity index (χ1v) is 5.63. The van der Waals surface area contributed by atoms with Gasteiger partial charge in [0, 0.05) is 18.4 Å². The van der Waals surface area contributed by atoms with Gasteiger partial charge in [-0.25, -0.2) is 8.78 Å². The van der Waals surface area contributed by atoms with Crippen molar-refractivity contribution in [2.24, 2.45) is 4.99 Å². The van der Waals surface area contributed by atoms with E-state index < -0.39 is 11.6 Å². The summed E-state index contributed by atoms with van der Waals surface area (Å²) < 4.78 is 26.1. The number of nitrogens with one attached hydrogen (secondary N) is 1. The van der Waals surface area contributed by atoms with Crippen LogP contribution in [0.5, 0.6) is 0 Å². The number of thioether (sulfide) groups is 1. The van der Waals surface area contributed by atoms with Gasteiger partial charge in [-0.3, -0.25) is 4.99 Å². The fourth-order valence-electron chi connectivity index (χ4n) is 1.24. The lowest BCUT2D eigenvalue weighted by Crippen LogP contribution is -2.14. The van der Waals surface area contributed by atoms with Crippen molar-refractivity contribution in [3.8, 4) is 0 Å². The zero-order valence-electron chi connectivity index (χ0n) is 7.96. The third-order valence-electron chi connectivity index (χ3n) is 1.97. The van der Waals surface area contributed by atoms with E-state index in [-0.39, 0.29) is 5.69 Å². The van der Waals surface area contributed by atoms with Crippen LogP contribution < -0.4 is 5.32 Å². The van der Waals surface area contributed by atoms with Crippen LogP contribution in [-0.4, -0.2) is 17.5 Å². The Hall–Kier alpha value is -1.10. The Morgan fingerprint density at radius 3 is 2.93 bits per heavy atom. The zero-order valence-corrected chi connectivity index (χ0v) is 8.78. The second kappa shape index (κ2) is 4.61. The number of nitrogens with zero attached hydrogens (tertiary/aromatic N) is 1.